The van der Waals surface area contributed by atoms with E-state index < -0.39 is 0 Å². The van der Waals surface area contributed by atoms with Gasteiger partial charge in [-0.3, -0.25) is 9.59 Å². The normalized spacial score (nSPS) is 19.8. The lowest BCUT2D eigenvalue weighted by Gasteiger charge is -2.15. The number of hydrogen-bond donors (Lipinski definition) is 2. The van der Waals surface area contributed by atoms with Crippen molar-refractivity contribution in [3.8, 4) is 0 Å². The van der Waals surface area contributed by atoms with Crippen molar-refractivity contribution in [3.63, 3.8) is 0 Å². The Labute approximate surface area is 125 Å². The van der Waals surface area contributed by atoms with Crippen LogP contribution in [0.1, 0.15) is 18.9 Å². The SMILES string of the molecule is Cc1cc(N(C)C)ccc1NC(=O)CNC(=O)[C@@H]1C[C@H]1C. The largest absolute Gasteiger partial charge is 0.378 e. The average Bonchev–Trinajstić information content (AvgIpc) is 3.15. The van der Waals surface area contributed by atoms with Crippen LogP contribution in [0.5, 0.6) is 0 Å². The molecule has 0 unspecified atom stereocenters. The van der Waals surface area contributed by atoms with E-state index in [1.165, 1.54) is 0 Å². The van der Waals surface area contributed by atoms with Crippen LogP contribution in [0.4, 0.5) is 11.4 Å². The molecule has 1 saturated carbocycles. The van der Waals surface area contributed by atoms with Crippen molar-refractivity contribution < 1.29 is 9.59 Å². The molecule has 114 valence electrons. The number of carbonyl (C=O) groups excluding carboxylic acids is 2. The van der Waals surface area contributed by atoms with Crippen LogP contribution in [-0.4, -0.2) is 32.5 Å². The monoisotopic (exact) mass is 289 g/mol. The zero-order valence-electron chi connectivity index (χ0n) is 13.1. The fraction of sp³-hybridized carbons (Fsp3) is 0.500. The molecule has 0 saturated heterocycles. The first-order valence-electron chi connectivity index (χ1n) is 7.24. The van der Waals surface area contributed by atoms with Crippen molar-refractivity contribution in [1.82, 2.24) is 5.32 Å². The van der Waals surface area contributed by atoms with Gasteiger partial charge in [-0.1, -0.05) is 6.92 Å². The van der Waals surface area contributed by atoms with E-state index in [9.17, 15) is 9.59 Å². The van der Waals surface area contributed by atoms with Gasteiger partial charge in [-0.2, -0.15) is 0 Å². The Hall–Kier alpha value is -2.04. The minimum absolute atomic E-state index is 0.0164. The molecule has 0 bridgehead atoms. The molecule has 1 aromatic rings. The highest BCUT2D eigenvalue weighted by Gasteiger charge is 2.38. The molecule has 5 heteroatoms. The van der Waals surface area contributed by atoms with E-state index in [1.807, 2.05) is 51.0 Å². The first kappa shape index (κ1) is 15.4. The topological polar surface area (TPSA) is 61.4 Å². The Morgan fingerprint density at radius 3 is 2.52 bits per heavy atom. The highest BCUT2D eigenvalue weighted by molar-refractivity contribution is 5.95. The molecule has 2 atom stereocenters. The van der Waals surface area contributed by atoms with Crippen LogP contribution in [0.3, 0.4) is 0 Å². The predicted molar refractivity (Wildman–Crippen MR) is 84.4 cm³/mol. The van der Waals surface area contributed by atoms with Gasteiger partial charge in [-0.25, -0.2) is 0 Å². The first-order valence-corrected chi connectivity index (χ1v) is 7.24. The molecule has 21 heavy (non-hydrogen) atoms. The van der Waals surface area contributed by atoms with Crippen LogP contribution >= 0.6 is 0 Å². The highest BCUT2D eigenvalue weighted by Crippen LogP contribution is 2.37. The number of rotatable bonds is 5. The van der Waals surface area contributed by atoms with Crippen LogP contribution in [0.2, 0.25) is 0 Å². The molecule has 5 nitrogen and oxygen atoms in total. The lowest BCUT2D eigenvalue weighted by molar-refractivity contribution is -0.125. The van der Waals surface area contributed by atoms with E-state index in [4.69, 9.17) is 0 Å². The molecule has 1 aromatic carbocycles. The summed E-state index contributed by atoms with van der Waals surface area (Å²) in [5.41, 5.74) is 2.86. The molecule has 0 radical (unpaired) electrons. The van der Waals surface area contributed by atoms with E-state index in [-0.39, 0.29) is 24.3 Å². The Kier molecular flexibility index (Phi) is 4.50. The van der Waals surface area contributed by atoms with E-state index in [0.29, 0.717) is 5.92 Å². The third-order valence-corrected chi connectivity index (χ3v) is 3.87. The molecule has 2 rings (SSSR count). The molecule has 0 aliphatic heterocycles. The summed E-state index contributed by atoms with van der Waals surface area (Å²) in [4.78, 5) is 25.5. The molecule has 2 N–H and O–H groups in total. The van der Waals surface area contributed by atoms with Crippen LogP contribution in [0.25, 0.3) is 0 Å². The second-order valence-corrected chi connectivity index (χ2v) is 5.98. The van der Waals surface area contributed by atoms with Crippen molar-refractivity contribution >= 4 is 23.2 Å². The van der Waals surface area contributed by atoms with Gasteiger partial charge in [0.05, 0.1) is 6.54 Å². The minimum Gasteiger partial charge on any atom is -0.378 e. The van der Waals surface area contributed by atoms with Crippen molar-refractivity contribution in [1.29, 1.82) is 0 Å². The quantitative estimate of drug-likeness (QED) is 0.868. The van der Waals surface area contributed by atoms with Gasteiger partial charge in [0.15, 0.2) is 0 Å². The zero-order valence-corrected chi connectivity index (χ0v) is 13.1. The first-order chi connectivity index (χ1) is 9.88. The average molecular weight is 289 g/mol. The lowest BCUT2D eigenvalue weighted by atomic mass is 10.1. The summed E-state index contributed by atoms with van der Waals surface area (Å²) < 4.78 is 0. The van der Waals surface area contributed by atoms with Gasteiger partial charge in [0.25, 0.3) is 0 Å². The summed E-state index contributed by atoms with van der Waals surface area (Å²) >= 11 is 0. The summed E-state index contributed by atoms with van der Waals surface area (Å²) in [7, 11) is 3.95. The molecular formula is C16H23N3O2. The second-order valence-electron chi connectivity index (χ2n) is 5.98. The number of nitrogens with one attached hydrogen (secondary N) is 2. The number of carbonyl (C=O) groups is 2. The van der Waals surface area contributed by atoms with Crippen molar-refractivity contribution in [2.75, 3.05) is 30.9 Å². The van der Waals surface area contributed by atoms with Crippen LogP contribution < -0.4 is 15.5 Å². The third-order valence-electron chi connectivity index (χ3n) is 3.87. The number of aryl methyl sites for hydroxylation is 1. The lowest BCUT2D eigenvalue weighted by Crippen LogP contribution is -2.34. The number of hydrogen-bond acceptors (Lipinski definition) is 3. The fourth-order valence-electron chi connectivity index (χ4n) is 2.25. The molecule has 1 fully saturated rings. The summed E-state index contributed by atoms with van der Waals surface area (Å²) in [6.07, 6.45) is 0.929. The minimum atomic E-state index is -0.197. The highest BCUT2D eigenvalue weighted by atomic mass is 16.2. The molecule has 1 aliphatic rings. The number of nitrogens with zero attached hydrogens (tertiary/aromatic N) is 1. The predicted octanol–water partition coefficient (Wildman–Crippen LogP) is 1.77. The van der Waals surface area contributed by atoms with Gasteiger partial charge >= 0.3 is 0 Å². The summed E-state index contributed by atoms with van der Waals surface area (Å²) in [6.45, 7) is 4.02. The molecule has 0 heterocycles. The van der Waals surface area contributed by atoms with Gasteiger partial charge < -0.3 is 15.5 Å². The maximum absolute atomic E-state index is 11.9. The molecule has 0 spiro atoms. The molecule has 2 amide bonds. The van der Waals surface area contributed by atoms with Crippen LogP contribution in [0.15, 0.2) is 18.2 Å². The maximum atomic E-state index is 11.9. The van der Waals surface area contributed by atoms with E-state index in [1.54, 1.807) is 0 Å². The van der Waals surface area contributed by atoms with Crippen molar-refractivity contribution in [2.24, 2.45) is 11.8 Å². The summed E-state index contributed by atoms with van der Waals surface area (Å²) in [6, 6.07) is 5.85. The zero-order chi connectivity index (χ0) is 15.6. The molecule has 0 aromatic heterocycles. The van der Waals surface area contributed by atoms with Gasteiger partial charge in [0.1, 0.15) is 0 Å². The Balaban J connectivity index is 1.86. The van der Waals surface area contributed by atoms with E-state index in [0.717, 1.165) is 23.4 Å². The summed E-state index contributed by atoms with van der Waals surface area (Å²) in [5.74, 6) is 0.336. The number of anilines is 2. The second kappa shape index (κ2) is 6.16. The van der Waals surface area contributed by atoms with Gasteiger partial charge in [0, 0.05) is 31.4 Å². The molecule has 1 aliphatic carbocycles. The Morgan fingerprint density at radius 1 is 1.33 bits per heavy atom. The third kappa shape index (κ3) is 3.97. The van der Waals surface area contributed by atoms with E-state index in [2.05, 4.69) is 10.6 Å². The Morgan fingerprint density at radius 2 is 2.00 bits per heavy atom. The van der Waals surface area contributed by atoms with Gasteiger partial charge in [-0.05, 0) is 43.0 Å². The standard InChI is InChI=1S/C16H23N3O2/c1-10-8-13(10)16(21)17-9-15(20)18-14-6-5-12(19(3)4)7-11(14)2/h5-7,10,13H,8-9H2,1-4H3,(H,17,21)(H,18,20)/t10-,13-/m1/s1. The van der Waals surface area contributed by atoms with Crippen molar-refractivity contribution in [2.45, 2.75) is 20.3 Å². The number of amides is 2. The van der Waals surface area contributed by atoms with E-state index >= 15 is 0 Å². The van der Waals surface area contributed by atoms with Crippen LogP contribution in [0, 0.1) is 18.8 Å². The Bertz CT molecular complexity index is 554. The number of benzene rings is 1. The molecular weight excluding hydrogens is 266 g/mol. The smallest absolute Gasteiger partial charge is 0.243 e. The summed E-state index contributed by atoms with van der Waals surface area (Å²) in [5, 5.41) is 5.51. The van der Waals surface area contributed by atoms with Gasteiger partial charge in [-0.15, -0.1) is 0 Å². The maximum Gasteiger partial charge on any atom is 0.243 e. The van der Waals surface area contributed by atoms with Gasteiger partial charge in [0.2, 0.25) is 11.8 Å². The fourth-order valence-corrected chi connectivity index (χ4v) is 2.25. The van der Waals surface area contributed by atoms with Crippen molar-refractivity contribution in [3.05, 3.63) is 23.8 Å². The van der Waals surface area contributed by atoms with Crippen LogP contribution in [-0.2, 0) is 9.59 Å².